The Bertz CT molecular complexity index is 1020. The second kappa shape index (κ2) is 11.0. The fourth-order valence-corrected chi connectivity index (χ4v) is 3.15. The maximum absolute atomic E-state index is 12.9. The standard InChI is InChI=1S/C25H27NO5/c1-26(25(29)20-14-12-19(13-15-20)22-10-7-17-31-22)18-21-8-4-5-9-23(21)30-16-6-2-3-11-24(27)28/h4-5,7-10,12-15,17H,2-3,6,11,16,18H2,1H3,(H,27,28)/i18D. The normalized spacial score (nSPS) is 12.1. The third kappa shape index (κ3) is 6.47. The highest BCUT2D eigenvalue weighted by molar-refractivity contribution is 5.94. The van der Waals surface area contributed by atoms with E-state index in [1.807, 2.05) is 36.4 Å². The number of nitrogens with zero attached hydrogens (tertiary/aromatic N) is 1. The molecule has 0 spiro atoms. The molecule has 3 rings (SSSR count). The van der Waals surface area contributed by atoms with E-state index >= 15 is 0 Å². The molecular weight excluding hydrogens is 394 g/mol. The molecule has 0 saturated heterocycles. The number of carboxylic acid groups (broad SMARTS) is 1. The van der Waals surface area contributed by atoms with Crippen LogP contribution in [0.1, 0.15) is 43.0 Å². The summed E-state index contributed by atoms with van der Waals surface area (Å²) in [6, 6.07) is 17.9. The Balaban J connectivity index is 1.61. The molecule has 162 valence electrons. The number of carbonyl (C=O) groups is 2. The number of ether oxygens (including phenoxy) is 1. The molecule has 0 radical (unpaired) electrons. The summed E-state index contributed by atoms with van der Waals surface area (Å²) in [5, 5.41) is 8.69. The molecule has 1 aromatic heterocycles. The number of rotatable bonds is 11. The van der Waals surface area contributed by atoms with Crippen molar-refractivity contribution < 1.29 is 25.2 Å². The Hall–Kier alpha value is -3.54. The minimum atomic E-state index is -0.935. The number of carbonyl (C=O) groups excluding carboxylic acids is 1. The van der Waals surface area contributed by atoms with Crippen molar-refractivity contribution in [2.45, 2.75) is 32.2 Å². The van der Waals surface area contributed by atoms with Crippen LogP contribution in [0.3, 0.4) is 0 Å². The van der Waals surface area contributed by atoms with Crippen molar-refractivity contribution in [3.63, 3.8) is 0 Å². The number of para-hydroxylation sites is 1. The van der Waals surface area contributed by atoms with Crippen LogP contribution in [-0.2, 0) is 11.3 Å². The van der Waals surface area contributed by atoms with Crippen LogP contribution in [0.5, 0.6) is 5.75 Å². The lowest BCUT2D eigenvalue weighted by atomic mass is 10.1. The molecule has 3 aromatic rings. The Kier molecular flexibility index (Phi) is 7.36. The summed E-state index contributed by atoms with van der Waals surface area (Å²) in [7, 11) is 1.60. The van der Waals surface area contributed by atoms with E-state index in [1.54, 1.807) is 37.6 Å². The molecule has 6 heteroatoms. The largest absolute Gasteiger partial charge is 0.493 e. The van der Waals surface area contributed by atoms with Gasteiger partial charge in [-0.05, 0) is 49.6 Å². The van der Waals surface area contributed by atoms with E-state index in [1.165, 1.54) is 4.90 Å². The summed E-state index contributed by atoms with van der Waals surface area (Å²) >= 11 is 0. The van der Waals surface area contributed by atoms with E-state index in [0.717, 1.165) is 24.2 Å². The highest BCUT2D eigenvalue weighted by Gasteiger charge is 2.14. The van der Waals surface area contributed by atoms with Gasteiger partial charge in [0.1, 0.15) is 11.5 Å². The Morgan fingerprint density at radius 1 is 1.03 bits per heavy atom. The second-order valence-corrected chi connectivity index (χ2v) is 7.19. The van der Waals surface area contributed by atoms with Crippen LogP contribution in [0, 0.1) is 0 Å². The van der Waals surface area contributed by atoms with Gasteiger partial charge >= 0.3 is 5.97 Å². The lowest BCUT2D eigenvalue weighted by molar-refractivity contribution is -0.137. The summed E-state index contributed by atoms with van der Waals surface area (Å²) < 4.78 is 19.9. The van der Waals surface area contributed by atoms with Crippen molar-refractivity contribution in [2.24, 2.45) is 0 Å². The molecule has 1 N–H and O–H groups in total. The summed E-state index contributed by atoms with van der Waals surface area (Å²) in [5.74, 6) is 0.222. The number of benzene rings is 2. The predicted octanol–water partition coefficient (Wildman–Crippen LogP) is 5.24. The minimum absolute atomic E-state index is 0.154. The third-order valence-corrected chi connectivity index (χ3v) is 4.80. The summed E-state index contributed by atoms with van der Waals surface area (Å²) in [6.45, 7) is -0.509. The van der Waals surface area contributed by atoms with Crippen LogP contribution in [0.2, 0.25) is 0 Å². The van der Waals surface area contributed by atoms with Gasteiger partial charge in [-0.15, -0.1) is 0 Å². The van der Waals surface area contributed by atoms with E-state index in [2.05, 4.69) is 0 Å². The topological polar surface area (TPSA) is 80.0 Å². The van der Waals surface area contributed by atoms with E-state index < -0.39 is 12.5 Å². The van der Waals surface area contributed by atoms with Gasteiger partial charge in [0, 0.05) is 36.7 Å². The van der Waals surface area contributed by atoms with Gasteiger partial charge in [-0.2, -0.15) is 0 Å². The molecule has 0 aliphatic rings. The summed E-state index contributed by atoms with van der Waals surface area (Å²) in [5.41, 5.74) is 1.96. The van der Waals surface area contributed by atoms with Gasteiger partial charge in [-0.1, -0.05) is 30.3 Å². The lowest BCUT2D eigenvalue weighted by Gasteiger charge is -2.19. The smallest absolute Gasteiger partial charge is 0.303 e. The first-order valence-electron chi connectivity index (χ1n) is 10.8. The fraction of sp³-hybridized carbons (Fsp3) is 0.280. The van der Waals surface area contributed by atoms with Crippen LogP contribution in [0.25, 0.3) is 11.3 Å². The molecule has 1 amide bonds. The summed E-state index contributed by atoms with van der Waals surface area (Å²) in [6.07, 6.45) is 3.84. The van der Waals surface area contributed by atoms with Crippen LogP contribution >= 0.6 is 0 Å². The Labute approximate surface area is 183 Å². The first-order valence-corrected chi connectivity index (χ1v) is 10.2. The van der Waals surface area contributed by atoms with Gasteiger partial charge in [-0.25, -0.2) is 0 Å². The lowest BCUT2D eigenvalue weighted by Crippen LogP contribution is -2.26. The Morgan fingerprint density at radius 2 is 1.81 bits per heavy atom. The van der Waals surface area contributed by atoms with Gasteiger partial charge < -0.3 is 19.2 Å². The van der Waals surface area contributed by atoms with Crippen molar-refractivity contribution in [2.75, 3.05) is 13.7 Å². The number of furan rings is 1. The third-order valence-electron chi connectivity index (χ3n) is 4.80. The monoisotopic (exact) mass is 422 g/mol. The maximum atomic E-state index is 12.9. The van der Waals surface area contributed by atoms with Gasteiger partial charge in [0.15, 0.2) is 0 Å². The molecule has 0 aliphatic carbocycles. The van der Waals surface area contributed by atoms with E-state index in [-0.39, 0.29) is 12.3 Å². The number of carboxylic acids is 1. The molecule has 6 nitrogen and oxygen atoms in total. The molecule has 2 aromatic carbocycles. The van der Waals surface area contributed by atoms with Crippen LogP contribution in [0.4, 0.5) is 0 Å². The molecule has 0 aliphatic heterocycles. The average Bonchev–Trinajstić information content (AvgIpc) is 3.35. The number of unbranched alkanes of at least 4 members (excludes halogenated alkanes) is 2. The Morgan fingerprint density at radius 3 is 2.52 bits per heavy atom. The van der Waals surface area contributed by atoms with Crippen molar-refractivity contribution in [1.29, 1.82) is 0 Å². The molecule has 0 fully saturated rings. The molecule has 0 saturated carbocycles. The zero-order valence-corrected chi connectivity index (χ0v) is 17.5. The average molecular weight is 422 g/mol. The molecule has 1 heterocycles. The quantitative estimate of drug-likeness (QED) is 0.427. The highest BCUT2D eigenvalue weighted by Crippen LogP contribution is 2.23. The molecule has 1 atom stereocenters. The number of amides is 1. The molecule has 0 bridgehead atoms. The van der Waals surface area contributed by atoms with E-state index in [9.17, 15) is 9.59 Å². The fourth-order valence-electron chi connectivity index (χ4n) is 3.15. The zero-order valence-electron chi connectivity index (χ0n) is 18.5. The van der Waals surface area contributed by atoms with Gasteiger partial charge in [0.2, 0.25) is 0 Å². The molecule has 1 unspecified atom stereocenters. The van der Waals surface area contributed by atoms with E-state index in [0.29, 0.717) is 29.9 Å². The van der Waals surface area contributed by atoms with E-state index in [4.69, 9.17) is 15.6 Å². The van der Waals surface area contributed by atoms with Crippen LogP contribution in [-0.4, -0.2) is 35.5 Å². The van der Waals surface area contributed by atoms with Crippen molar-refractivity contribution >= 4 is 11.9 Å². The van der Waals surface area contributed by atoms with Crippen molar-refractivity contribution in [3.05, 3.63) is 78.1 Å². The predicted molar refractivity (Wildman–Crippen MR) is 118 cm³/mol. The number of hydrogen-bond donors (Lipinski definition) is 1. The van der Waals surface area contributed by atoms with Crippen molar-refractivity contribution in [3.8, 4) is 17.1 Å². The number of hydrogen-bond acceptors (Lipinski definition) is 4. The molecule has 31 heavy (non-hydrogen) atoms. The van der Waals surface area contributed by atoms with Gasteiger partial charge in [0.25, 0.3) is 5.91 Å². The van der Waals surface area contributed by atoms with Gasteiger partial charge in [-0.3, -0.25) is 9.59 Å². The van der Waals surface area contributed by atoms with Gasteiger partial charge in [0.05, 0.1) is 14.2 Å². The van der Waals surface area contributed by atoms with Crippen LogP contribution in [0.15, 0.2) is 71.3 Å². The number of aliphatic carboxylic acids is 1. The highest BCUT2D eigenvalue weighted by atomic mass is 16.5. The molecular formula is C25H27NO5. The zero-order chi connectivity index (χ0) is 22.9. The van der Waals surface area contributed by atoms with Crippen LogP contribution < -0.4 is 4.74 Å². The maximum Gasteiger partial charge on any atom is 0.303 e. The second-order valence-electron chi connectivity index (χ2n) is 7.19. The first-order chi connectivity index (χ1) is 15.5. The van der Waals surface area contributed by atoms with Crippen molar-refractivity contribution in [1.82, 2.24) is 4.90 Å². The SMILES string of the molecule is [2H]C(c1ccccc1OCCCCCC(=O)O)N(C)C(=O)c1ccc(-c2ccco2)cc1. The minimum Gasteiger partial charge on any atom is -0.493 e. The first kappa shape index (κ1) is 20.7. The summed E-state index contributed by atoms with van der Waals surface area (Å²) in [4.78, 5) is 24.9.